The number of amides is 2. The van der Waals surface area contributed by atoms with Crippen LogP contribution in [0.5, 0.6) is 0 Å². The largest absolute Gasteiger partial charge is 0.467 e. The fraction of sp³-hybridized carbons (Fsp3) is 0.771. The van der Waals surface area contributed by atoms with Crippen LogP contribution >= 0.6 is 0 Å². The van der Waals surface area contributed by atoms with Gasteiger partial charge in [0.25, 0.3) is 0 Å². The zero-order valence-electron chi connectivity index (χ0n) is 29.3. The lowest BCUT2D eigenvalue weighted by molar-refractivity contribution is -0.194. The highest BCUT2D eigenvalue weighted by atomic mass is 16.6. The first-order chi connectivity index (χ1) is 22.6. The first kappa shape index (κ1) is 38.0. The van der Waals surface area contributed by atoms with Gasteiger partial charge in [-0.05, 0) is 72.1 Å². The van der Waals surface area contributed by atoms with Gasteiger partial charge in [0.15, 0.2) is 11.1 Å². The van der Waals surface area contributed by atoms with Gasteiger partial charge in [0.1, 0.15) is 11.2 Å². The van der Waals surface area contributed by atoms with Crippen LogP contribution in [0.15, 0.2) is 24.3 Å². The fourth-order valence-electron chi connectivity index (χ4n) is 9.37. The zero-order chi connectivity index (χ0) is 35.8. The summed E-state index contributed by atoms with van der Waals surface area (Å²) >= 11 is 0. The number of methoxy groups -OCH3 is 2. The molecular weight excluding hydrogens is 624 g/mol. The predicted molar refractivity (Wildman–Crippen MR) is 173 cm³/mol. The lowest BCUT2D eigenvalue weighted by Crippen LogP contribution is -2.70. The first-order valence-electron chi connectivity index (χ1n) is 17.0. The Morgan fingerprint density at radius 2 is 1.40 bits per heavy atom. The van der Waals surface area contributed by atoms with Crippen LogP contribution in [-0.4, -0.2) is 129 Å². The van der Waals surface area contributed by atoms with E-state index in [1.54, 1.807) is 14.0 Å². The van der Waals surface area contributed by atoms with E-state index in [0.29, 0.717) is 12.8 Å². The van der Waals surface area contributed by atoms with E-state index in [1.807, 2.05) is 31.2 Å². The van der Waals surface area contributed by atoms with Crippen molar-refractivity contribution in [3.8, 4) is 0 Å². The van der Waals surface area contributed by atoms with Crippen molar-refractivity contribution in [2.75, 3.05) is 34.9 Å². The molecule has 1 unspecified atom stereocenters. The highest BCUT2D eigenvalue weighted by Crippen LogP contribution is 2.55. The smallest absolute Gasteiger partial charge is 0.337 e. The number of aliphatic hydroxyl groups is 4. The van der Waals surface area contributed by atoms with Gasteiger partial charge in [-0.1, -0.05) is 24.3 Å². The van der Waals surface area contributed by atoms with E-state index in [2.05, 4.69) is 0 Å². The van der Waals surface area contributed by atoms with Crippen molar-refractivity contribution >= 4 is 23.8 Å². The number of allylic oxidation sites excluding steroid dienone is 2. The molecule has 4 N–H and O–H groups in total. The molecule has 0 aromatic heterocycles. The number of carbonyl (C=O) groups excluding carboxylic acids is 4. The van der Waals surface area contributed by atoms with Gasteiger partial charge in [0.05, 0.1) is 44.4 Å². The van der Waals surface area contributed by atoms with Crippen LogP contribution in [0.3, 0.4) is 0 Å². The topological polar surface area (TPSA) is 183 Å². The number of hydrogen-bond acceptors (Lipinski definition) is 11. The molecular formula is C35H54N2O11. The lowest BCUT2D eigenvalue weighted by atomic mass is 9.68. The maximum atomic E-state index is 13.0. The molecule has 11 atom stereocenters. The molecule has 0 spiro atoms. The van der Waals surface area contributed by atoms with Crippen LogP contribution in [0.2, 0.25) is 0 Å². The molecule has 5 rings (SSSR count). The molecule has 13 nitrogen and oxygen atoms in total. The summed E-state index contributed by atoms with van der Waals surface area (Å²) in [6.07, 6.45) is 10.8. The van der Waals surface area contributed by atoms with Crippen LogP contribution in [0.4, 0.5) is 0 Å². The number of likely N-dealkylation sites (tertiary alicyclic amines) is 2. The number of rotatable bonds is 8. The van der Waals surface area contributed by atoms with Gasteiger partial charge in [0, 0.05) is 32.5 Å². The van der Waals surface area contributed by atoms with E-state index >= 15 is 0 Å². The summed E-state index contributed by atoms with van der Waals surface area (Å²) in [5, 5.41) is 42.8. The van der Waals surface area contributed by atoms with E-state index in [-0.39, 0.29) is 36.9 Å². The van der Waals surface area contributed by atoms with Crippen LogP contribution in [0.25, 0.3) is 0 Å². The normalized spacial score (nSPS) is 40.3. The number of nitrogens with zero attached hydrogens (tertiary/aromatic N) is 2. The van der Waals surface area contributed by atoms with Crippen molar-refractivity contribution < 1.29 is 53.8 Å². The molecule has 3 heterocycles. The third-order valence-electron chi connectivity index (χ3n) is 11.9. The molecule has 0 bridgehead atoms. The minimum absolute atomic E-state index is 0.00213. The van der Waals surface area contributed by atoms with E-state index in [1.165, 1.54) is 33.1 Å². The predicted octanol–water partition coefficient (Wildman–Crippen LogP) is 1.11. The number of esters is 2. The number of fused-ring (bicyclic) bond motifs is 1. The maximum Gasteiger partial charge on any atom is 0.337 e. The molecule has 3 saturated heterocycles. The average Bonchev–Trinajstić information content (AvgIpc) is 3.54. The molecule has 3 fully saturated rings. The summed E-state index contributed by atoms with van der Waals surface area (Å²) in [7, 11) is 5.43. The Morgan fingerprint density at radius 3 is 1.85 bits per heavy atom. The Bertz CT molecular complexity index is 1290. The van der Waals surface area contributed by atoms with Gasteiger partial charge in [-0.2, -0.15) is 0 Å². The number of likely N-dealkylation sites (N-methyl/N-ethyl adjacent to an activating group) is 2. The quantitative estimate of drug-likeness (QED) is 0.213. The maximum absolute atomic E-state index is 13.0. The van der Waals surface area contributed by atoms with Crippen molar-refractivity contribution in [2.24, 2.45) is 23.7 Å². The van der Waals surface area contributed by atoms with Crippen molar-refractivity contribution in [1.82, 2.24) is 9.80 Å². The van der Waals surface area contributed by atoms with Crippen molar-refractivity contribution in [1.29, 1.82) is 0 Å². The standard InChI is InChI=1S/C18H27NO5.C17H27NO6/c1-11-10-13-15(21)19(3)18(16(22)23-4,17(13,2)24-11)14(20)12-8-6-5-7-9-12;1-16(23)12(9-10-19)14(21)18(2)17(16,15(22)24-3)13(20)11-7-5-4-6-8-11/h6,8,11-14,20H,5,7,9-10H2,1-4H3;5,7,11-13,19-20,23H,4,6,8-10H2,1-3H3/t11?,12-,13+,14-,17+,18+;11-,12+,13-,16+,17+/m11/s1. The van der Waals surface area contributed by atoms with Crippen molar-refractivity contribution in [2.45, 2.75) is 113 Å². The zero-order valence-corrected chi connectivity index (χ0v) is 29.3. The van der Waals surface area contributed by atoms with Crippen LogP contribution < -0.4 is 0 Å². The van der Waals surface area contributed by atoms with Gasteiger partial charge >= 0.3 is 11.9 Å². The minimum Gasteiger partial charge on any atom is -0.467 e. The minimum atomic E-state index is -1.91. The molecule has 0 aromatic rings. The van der Waals surface area contributed by atoms with Gasteiger partial charge in [-0.25, -0.2) is 9.59 Å². The van der Waals surface area contributed by atoms with Gasteiger partial charge in [-0.3, -0.25) is 9.59 Å². The molecule has 270 valence electrons. The molecule has 0 saturated carbocycles. The molecule has 2 amide bonds. The number of ether oxygens (including phenoxy) is 3. The molecule has 0 radical (unpaired) electrons. The van der Waals surface area contributed by atoms with Crippen molar-refractivity contribution in [3.05, 3.63) is 24.3 Å². The monoisotopic (exact) mass is 678 g/mol. The number of carbonyl (C=O) groups is 4. The Hall–Kier alpha value is -2.84. The SMILES string of the molecule is COC(=O)[C@]1([C@H](O)[C@@H]2C=CCCC2)N(C)C(=O)[C@@H]2CC(C)O[C@@]21C.COC(=O)[C@]1([C@H](O)[C@@H]2C=CCCC2)N(C)C(=O)[C@H](CCO)[C@]1(C)O. The van der Waals surface area contributed by atoms with Gasteiger partial charge in [0.2, 0.25) is 11.8 Å². The molecule has 2 aliphatic carbocycles. The summed E-state index contributed by atoms with van der Waals surface area (Å²) in [5.41, 5.74) is -6.42. The summed E-state index contributed by atoms with van der Waals surface area (Å²) < 4.78 is 16.1. The van der Waals surface area contributed by atoms with Gasteiger partial charge in [-0.15, -0.1) is 0 Å². The summed E-state index contributed by atoms with van der Waals surface area (Å²) in [6.45, 7) is 4.72. The third-order valence-corrected chi connectivity index (χ3v) is 11.9. The summed E-state index contributed by atoms with van der Waals surface area (Å²) in [4.78, 5) is 53.7. The summed E-state index contributed by atoms with van der Waals surface area (Å²) in [5.74, 6) is -4.12. The van der Waals surface area contributed by atoms with E-state index in [4.69, 9.17) is 14.2 Å². The third kappa shape index (κ3) is 5.40. The molecule has 0 aromatic carbocycles. The molecule has 3 aliphatic heterocycles. The highest BCUT2D eigenvalue weighted by Gasteiger charge is 2.76. The van der Waals surface area contributed by atoms with E-state index < -0.39 is 64.2 Å². The van der Waals surface area contributed by atoms with Crippen LogP contribution in [0.1, 0.15) is 72.1 Å². The van der Waals surface area contributed by atoms with E-state index in [9.17, 15) is 39.6 Å². The Kier molecular flexibility index (Phi) is 11.2. The molecule has 13 heteroatoms. The Labute approximate surface area is 282 Å². The Balaban J connectivity index is 0.000000217. The fourth-order valence-corrected chi connectivity index (χ4v) is 9.37. The second kappa shape index (κ2) is 14.2. The Morgan fingerprint density at radius 1 is 0.917 bits per heavy atom. The van der Waals surface area contributed by atoms with Gasteiger partial charge < -0.3 is 44.4 Å². The lowest BCUT2D eigenvalue weighted by Gasteiger charge is -2.48. The molecule has 5 aliphatic rings. The van der Waals surface area contributed by atoms with Crippen LogP contribution in [-0.2, 0) is 33.4 Å². The highest BCUT2D eigenvalue weighted by molar-refractivity contribution is 5.97. The number of aliphatic hydroxyl groups excluding tert-OH is 3. The average molecular weight is 679 g/mol. The van der Waals surface area contributed by atoms with Crippen LogP contribution in [0, 0.1) is 23.7 Å². The first-order valence-corrected chi connectivity index (χ1v) is 17.0. The molecule has 48 heavy (non-hydrogen) atoms. The second-order valence-corrected chi connectivity index (χ2v) is 14.3. The number of hydrogen-bond donors (Lipinski definition) is 4. The van der Waals surface area contributed by atoms with E-state index in [0.717, 1.165) is 37.0 Å². The second-order valence-electron chi connectivity index (χ2n) is 14.3. The van der Waals surface area contributed by atoms with Crippen molar-refractivity contribution in [3.63, 3.8) is 0 Å². The summed E-state index contributed by atoms with van der Waals surface area (Å²) in [6, 6.07) is 0.